The second-order valence-corrected chi connectivity index (χ2v) is 4.94. The molecule has 0 bridgehead atoms. The zero-order chi connectivity index (χ0) is 15.2. The predicted octanol–water partition coefficient (Wildman–Crippen LogP) is 0.0429. The van der Waals surface area contributed by atoms with Crippen molar-refractivity contribution in [2.24, 2.45) is 0 Å². The fraction of sp³-hybridized carbons (Fsp3) is 0.250. The third-order valence-corrected chi connectivity index (χ3v) is 3.27. The van der Waals surface area contributed by atoms with E-state index in [-0.39, 0.29) is 12.2 Å². The van der Waals surface area contributed by atoms with Crippen LogP contribution in [0.4, 0.5) is 0 Å². The number of aliphatic carboxylic acids is 1. The molecule has 0 aliphatic heterocycles. The normalized spacial score (nSPS) is 12.0. The first kappa shape index (κ1) is 15.0. The lowest BCUT2D eigenvalue weighted by atomic mass is 10.0. The molecule has 1 atom stereocenters. The molecule has 2 rings (SSSR count). The van der Waals surface area contributed by atoms with Crippen LogP contribution >= 0.6 is 0 Å². The van der Waals surface area contributed by atoms with Crippen LogP contribution in [0.1, 0.15) is 28.1 Å². The number of hydrogen-bond donors (Lipinski definition) is 1. The van der Waals surface area contributed by atoms with Gasteiger partial charge < -0.3 is 19.6 Å². The largest absolute Gasteiger partial charge is 0.544 e. The lowest BCUT2D eigenvalue weighted by Gasteiger charge is -2.15. The Balaban J connectivity index is 1.97. The molecule has 1 aromatic carbocycles. The number of aryl methyl sites for hydroxylation is 1. The Morgan fingerprint density at radius 2 is 1.95 bits per heavy atom. The van der Waals surface area contributed by atoms with Crippen LogP contribution < -0.4 is 10.4 Å². The van der Waals surface area contributed by atoms with E-state index >= 15 is 0 Å². The molecular weight excluding hydrogens is 270 g/mol. The van der Waals surface area contributed by atoms with Gasteiger partial charge in [-0.05, 0) is 19.1 Å². The average Bonchev–Trinajstić information content (AvgIpc) is 2.96. The lowest BCUT2D eigenvalue weighted by Crippen LogP contribution is -2.92. The number of hydrogen-bond acceptors (Lipinski definition) is 4. The van der Waals surface area contributed by atoms with Gasteiger partial charge in [-0.2, -0.15) is 0 Å². The van der Waals surface area contributed by atoms with Crippen molar-refractivity contribution in [1.29, 1.82) is 0 Å². The zero-order valence-electron chi connectivity index (χ0n) is 11.7. The minimum Gasteiger partial charge on any atom is -0.544 e. The Labute approximate surface area is 122 Å². The number of benzene rings is 1. The summed E-state index contributed by atoms with van der Waals surface area (Å²) < 4.78 is 5.14. The SMILES string of the molecule is Cc1ccc(C(=O)C[C@@H]([NH2+]Cc2ccco2)C(=O)[O-])cc1. The molecule has 0 saturated heterocycles. The molecule has 5 heteroatoms. The van der Waals surface area contributed by atoms with E-state index in [0.717, 1.165) is 5.56 Å². The van der Waals surface area contributed by atoms with Gasteiger partial charge in [-0.25, -0.2) is 0 Å². The van der Waals surface area contributed by atoms with Crippen molar-refractivity contribution in [3.63, 3.8) is 0 Å². The Hall–Kier alpha value is -2.40. The fourth-order valence-electron chi connectivity index (χ4n) is 2.01. The fourth-order valence-corrected chi connectivity index (χ4v) is 2.01. The second-order valence-electron chi connectivity index (χ2n) is 4.94. The smallest absolute Gasteiger partial charge is 0.169 e. The highest BCUT2D eigenvalue weighted by molar-refractivity contribution is 5.98. The summed E-state index contributed by atoms with van der Waals surface area (Å²) in [4.78, 5) is 23.3. The number of ketones is 1. The maximum atomic E-state index is 12.1. The first-order chi connectivity index (χ1) is 10.1. The molecule has 0 spiro atoms. The molecule has 110 valence electrons. The van der Waals surface area contributed by atoms with Crippen LogP contribution in [-0.4, -0.2) is 17.8 Å². The van der Waals surface area contributed by atoms with Gasteiger partial charge in [-0.1, -0.05) is 29.8 Å². The highest BCUT2D eigenvalue weighted by Crippen LogP contribution is 2.07. The number of Topliss-reactive ketones (excluding diaryl/α,β-unsaturated/α-hetero) is 1. The first-order valence-corrected chi connectivity index (χ1v) is 6.72. The Bertz CT molecular complexity index is 602. The molecule has 21 heavy (non-hydrogen) atoms. The van der Waals surface area contributed by atoms with Crippen molar-refractivity contribution < 1.29 is 24.4 Å². The number of nitrogens with two attached hydrogens (primary N) is 1. The molecule has 1 aromatic heterocycles. The van der Waals surface area contributed by atoms with E-state index in [4.69, 9.17) is 4.42 Å². The van der Waals surface area contributed by atoms with Gasteiger partial charge >= 0.3 is 0 Å². The van der Waals surface area contributed by atoms with E-state index in [1.807, 2.05) is 19.1 Å². The molecule has 0 saturated carbocycles. The molecule has 0 fully saturated rings. The summed E-state index contributed by atoms with van der Waals surface area (Å²) >= 11 is 0. The second kappa shape index (κ2) is 6.85. The molecule has 2 aromatic rings. The molecule has 0 aliphatic rings. The Morgan fingerprint density at radius 1 is 1.24 bits per heavy atom. The highest BCUT2D eigenvalue weighted by Gasteiger charge is 2.19. The van der Waals surface area contributed by atoms with Crippen molar-refractivity contribution in [1.82, 2.24) is 0 Å². The topological polar surface area (TPSA) is 87.0 Å². The van der Waals surface area contributed by atoms with Crippen LogP contribution in [0, 0.1) is 6.92 Å². The Kier molecular flexibility index (Phi) is 4.90. The third-order valence-electron chi connectivity index (χ3n) is 3.27. The number of rotatable bonds is 7. The number of carbonyl (C=O) groups is 2. The van der Waals surface area contributed by atoms with Gasteiger partial charge in [0.05, 0.1) is 18.7 Å². The van der Waals surface area contributed by atoms with Gasteiger partial charge in [0.2, 0.25) is 0 Å². The van der Waals surface area contributed by atoms with Crippen LogP contribution in [0.3, 0.4) is 0 Å². The molecular formula is C16H17NO4. The lowest BCUT2D eigenvalue weighted by molar-refractivity contribution is -0.698. The molecule has 2 N–H and O–H groups in total. The maximum absolute atomic E-state index is 12.1. The molecule has 5 nitrogen and oxygen atoms in total. The average molecular weight is 287 g/mol. The summed E-state index contributed by atoms with van der Waals surface area (Å²) in [5.74, 6) is -0.800. The van der Waals surface area contributed by atoms with Crippen molar-refractivity contribution in [2.45, 2.75) is 25.9 Å². The van der Waals surface area contributed by atoms with Gasteiger partial charge in [-0.3, -0.25) is 4.79 Å². The van der Waals surface area contributed by atoms with E-state index < -0.39 is 12.0 Å². The summed E-state index contributed by atoms with van der Waals surface area (Å²) in [5, 5.41) is 12.7. The van der Waals surface area contributed by atoms with Crippen LogP contribution in [-0.2, 0) is 11.3 Å². The highest BCUT2D eigenvalue weighted by atomic mass is 16.4. The monoisotopic (exact) mass is 287 g/mol. The predicted molar refractivity (Wildman–Crippen MR) is 73.3 cm³/mol. The first-order valence-electron chi connectivity index (χ1n) is 6.72. The maximum Gasteiger partial charge on any atom is 0.169 e. The number of carboxylic acid groups (broad SMARTS) is 1. The van der Waals surface area contributed by atoms with Crippen molar-refractivity contribution in [3.05, 3.63) is 59.5 Å². The molecule has 0 radical (unpaired) electrons. The minimum absolute atomic E-state index is 0.105. The zero-order valence-corrected chi connectivity index (χ0v) is 11.7. The van der Waals surface area contributed by atoms with Gasteiger partial charge in [-0.15, -0.1) is 0 Å². The summed E-state index contributed by atoms with van der Waals surface area (Å²) in [7, 11) is 0. The quantitative estimate of drug-likeness (QED) is 0.729. The number of carboxylic acids is 1. The summed E-state index contributed by atoms with van der Waals surface area (Å²) in [6.07, 6.45) is 1.42. The molecule has 0 aliphatic carbocycles. The standard InChI is InChI=1S/C16H17NO4/c1-11-4-6-12(7-5-11)15(18)9-14(16(19)20)17-10-13-3-2-8-21-13/h2-8,14,17H,9-10H2,1H3,(H,19,20)/t14-/m1/s1. The third kappa shape index (κ3) is 4.29. The van der Waals surface area contributed by atoms with Crippen molar-refractivity contribution in [3.8, 4) is 0 Å². The van der Waals surface area contributed by atoms with Gasteiger partial charge in [0.25, 0.3) is 0 Å². The van der Waals surface area contributed by atoms with Crippen LogP contribution in [0.25, 0.3) is 0 Å². The molecule has 0 unspecified atom stereocenters. The summed E-state index contributed by atoms with van der Waals surface area (Å²) in [6, 6.07) is 9.62. The Morgan fingerprint density at radius 3 is 2.52 bits per heavy atom. The van der Waals surface area contributed by atoms with Gasteiger partial charge in [0.15, 0.2) is 11.5 Å². The van der Waals surface area contributed by atoms with E-state index in [1.165, 1.54) is 6.26 Å². The number of quaternary nitrogens is 1. The molecule has 0 amide bonds. The molecule has 1 heterocycles. The summed E-state index contributed by atoms with van der Waals surface area (Å²) in [6.45, 7) is 2.28. The summed E-state index contributed by atoms with van der Waals surface area (Å²) in [5.41, 5.74) is 1.56. The number of furan rings is 1. The minimum atomic E-state index is -1.25. The van der Waals surface area contributed by atoms with Crippen LogP contribution in [0.2, 0.25) is 0 Å². The van der Waals surface area contributed by atoms with Crippen molar-refractivity contribution in [2.75, 3.05) is 0 Å². The van der Waals surface area contributed by atoms with E-state index in [0.29, 0.717) is 17.9 Å². The van der Waals surface area contributed by atoms with E-state index in [9.17, 15) is 14.7 Å². The van der Waals surface area contributed by atoms with E-state index in [2.05, 4.69) is 0 Å². The number of carbonyl (C=O) groups excluding carboxylic acids is 2. The van der Waals surface area contributed by atoms with Crippen molar-refractivity contribution >= 4 is 11.8 Å². The van der Waals surface area contributed by atoms with Gasteiger partial charge in [0, 0.05) is 5.56 Å². The van der Waals surface area contributed by atoms with E-state index in [1.54, 1.807) is 29.6 Å². The van der Waals surface area contributed by atoms with Crippen LogP contribution in [0.5, 0.6) is 0 Å². The van der Waals surface area contributed by atoms with Crippen LogP contribution in [0.15, 0.2) is 47.1 Å². The van der Waals surface area contributed by atoms with Gasteiger partial charge in [0.1, 0.15) is 12.6 Å².